The van der Waals surface area contributed by atoms with Crippen LogP contribution in [0.4, 0.5) is 11.8 Å². The van der Waals surface area contributed by atoms with Crippen molar-refractivity contribution < 1.29 is 9.53 Å². The fourth-order valence-corrected chi connectivity index (χ4v) is 4.38. The Morgan fingerprint density at radius 3 is 2.87 bits per heavy atom. The van der Waals surface area contributed by atoms with Gasteiger partial charge in [-0.05, 0) is 80.9 Å². The maximum atomic E-state index is 13.6. The average molecular weight is 408 g/mol. The average Bonchev–Trinajstić information content (AvgIpc) is 3.23. The molecule has 7 heteroatoms. The van der Waals surface area contributed by atoms with Crippen LogP contribution in [-0.2, 0) is 6.42 Å². The number of benzene rings is 1. The fourth-order valence-electron chi connectivity index (χ4n) is 4.38. The molecule has 0 atom stereocenters. The quantitative estimate of drug-likeness (QED) is 0.766. The maximum Gasteiger partial charge on any atom is 0.259 e. The van der Waals surface area contributed by atoms with E-state index in [0.717, 1.165) is 56.5 Å². The summed E-state index contributed by atoms with van der Waals surface area (Å²) in [6.07, 6.45) is 8.31. The van der Waals surface area contributed by atoms with E-state index in [9.17, 15) is 4.79 Å². The van der Waals surface area contributed by atoms with Gasteiger partial charge in [0, 0.05) is 30.8 Å². The zero-order valence-corrected chi connectivity index (χ0v) is 17.3. The first-order valence-corrected chi connectivity index (χ1v) is 11.1. The Kier molecular flexibility index (Phi) is 5.53. The second-order valence-corrected chi connectivity index (χ2v) is 8.54. The molecule has 5 rings (SSSR count). The van der Waals surface area contributed by atoms with Gasteiger partial charge in [0.05, 0.1) is 6.61 Å². The van der Waals surface area contributed by atoms with Crippen LogP contribution in [0.25, 0.3) is 0 Å². The largest absolute Gasteiger partial charge is 0.493 e. The molecular weight excluding hydrogens is 378 g/mol. The molecule has 7 nitrogen and oxygen atoms in total. The van der Waals surface area contributed by atoms with Crippen LogP contribution >= 0.6 is 0 Å². The van der Waals surface area contributed by atoms with Crippen molar-refractivity contribution in [3.63, 3.8) is 0 Å². The van der Waals surface area contributed by atoms with Gasteiger partial charge >= 0.3 is 0 Å². The third-order valence-corrected chi connectivity index (χ3v) is 6.44. The second-order valence-electron chi connectivity index (χ2n) is 8.54. The van der Waals surface area contributed by atoms with E-state index in [1.165, 1.54) is 6.42 Å². The number of nitrogens with zero attached hydrogens (tertiary/aromatic N) is 3. The SMILES string of the molecule is O=C(c1ccc2c(c1)CCO2)N(CC1CCNCC1)c1ccnc(NC2CCC2)n1. The van der Waals surface area contributed by atoms with Gasteiger partial charge in [-0.25, -0.2) is 4.98 Å². The van der Waals surface area contributed by atoms with E-state index in [1.807, 2.05) is 29.2 Å². The molecule has 0 unspecified atom stereocenters. The number of nitrogens with one attached hydrogen (secondary N) is 2. The first-order chi connectivity index (χ1) is 14.8. The van der Waals surface area contributed by atoms with Crippen molar-refractivity contribution in [2.24, 2.45) is 5.92 Å². The van der Waals surface area contributed by atoms with Gasteiger partial charge in [0.2, 0.25) is 5.95 Å². The van der Waals surface area contributed by atoms with Crippen molar-refractivity contribution in [1.82, 2.24) is 15.3 Å². The van der Waals surface area contributed by atoms with Crippen LogP contribution in [0.2, 0.25) is 0 Å². The summed E-state index contributed by atoms with van der Waals surface area (Å²) in [5.74, 6) is 2.64. The summed E-state index contributed by atoms with van der Waals surface area (Å²) in [6, 6.07) is 8.07. The number of ether oxygens (including phenoxy) is 1. The second kappa shape index (κ2) is 8.60. The lowest BCUT2D eigenvalue weighted by molar-refractivity contribution is 0.0980. The summed E-state index contributed by atoms with van der Waals surface area (Å²) in [4.78, 5) is 24.6. The van der Waals surface area contributed by atoms with Crippen molar-refractivity contribution in [3.8, 4) is 5.75 Å². The number of anilines is 2. The van der Waals surface area contributed by atoms with Crippen LogP contribution in [0.15, 0.2) is 30.5 Å². The molecule has 3 aliphatic rings. The third kappa shape index (κ3) is 4.12. The number of carbonyl (C=O) groups excluding carboxylic acids is 1. The Morgan fingerprint density at radius 1 is 1.20 bits per heavy atom. The van der Waals surface area contributed by atoms with Crippen LogP contribution in [0.3, 0.4) is 0 Å². The first kappa shape index (κ1) is 19.3. The van der Waals surface area contributed by atoms with Crippen molar-refractivity contribution in [2.75, 3.05) is 36.5 Å². The molecule has 1 amide bonds. The van der Waals surface area contributed by atoms with Gasteiger partial charge in [0.1, 0.15) is 11.6 Å². The van der Waals surface area contributed by atoms with E-state index in [1.54, 1.807) is 6.20 Å². The molecule has 1 aliphatic carbocycles. The minimum atomic E-state index is -0.00322. The van der Waals surface area contributed by atoms with Crippen LogP contribution < -0.4 is 20.3 Å². The summed E-state index contributed by atoms with van der Waals surface area (Å²) in [5, 5.41) is 6.81. The number of fused-ring (bicyclic) bond motifs is 1. The van der Waals surface area contributed by atoms with Crippen LogP contribution in [-0.4, -0.2) is 48.2 Å². The summed E-state index contributed by atoms with van der Waals surface area (Å²) in [5.41, 5.74) is 1.80. The van der Waals surface area contributed by atoms with Gasteiger partial charge in [-0.3, -0.25) is 9.69 Å². The van der Waals surface area contributed by atoms with Gasteiger partial charge in [0.15, 0.2) is 0 Å². The summed E-state index contributed by atoms with van der Waals surface area (Å²) >= 11 is 0. The van der Waals surface area contributed by atoms with Crippen LogP contribution in [0.5, 0.6) is 5.75 Å². The van der Waals surface area contributed by atoms with Crippen molar-refractivity contribution in [1.29, 1.82) is 0 Å². The lowest BCUT2D eigenvalue weighted by Crippen LogP contribution is -2.40. The number of amides is 1. The van der Waals surface area contributed by atoms with E-state index < -0.39 is 0 Å². The van der Waals surface area contributed by atoms with Crippen LogP contribution in [0.1, 0.15) is 48.0 Å². The smallest absolute Gasteiger partial charge is 0.259 e. The highest BCUT2D eigenvalue weighted by Crippen LogP contribution is 2.28. The minimum Gasteiger partial charge on any atom is -0.493 e. The molecule has 0 bridgehead atoms. The first-order valence-electron chi connectivity index (χ1n) is 11.1. The number of aromatic nitrogens is 2. The highest BCUT2D eigenvalue weighted by atomic mass is 16.5. The normalized spacial score (nSPS) is 18.9. The number of piperidine rings is 1. The molecule has 1 saturated carbocycles. The van der Waals surface area contributed by atoms with Gasteiger partial charge in [0.25, 0.3) is 5.91 Å². The Balaban J connectivity index is 1.42. The number of hydrogen-bond donors (Lipinski definition) is 2. The zero-order chi connectivity index (χ0) is 20.3. The minimum absolute atomic E-state index is 0.00322. The summed E-state index contributed by atoms with van der Waals surface area (Å²) in [6.45, 7) is 3.37. The lowest BCUT2D eigenvalue weighted by atomic mass is 9.93. The predicted octanol–water partition coefficient (Wildman–Crippen LogP) is 3.02. The van der Waals surface area contributed by atoms with E-state index >= 15 is 0 Å². The topological polar surface area (TPSA) is 79.4 Å². The van der Waals surface area contributed by atoms with E-state index in [-0.39, 0.29) is 5.91 Å². The summed E-state index contributed by atoms with van der Waals surface area (Å²) < 4.78 is 5.61. The molecule has 2 aromatic rings. The lowest BCUT2D eigenvalue weighted by Gasteiger charge is -2.30. The van der Waals surface area contributed by atoms with E-state index in [0.29, 0.717) is 42.4 Å². The number of rotatable bonds is 6. The Hall–Kier alpha value is -2.67. The standard InChI is InChI=1S/C23H29N5O2/c29-22(18-4-5-20-17(14-18)9-13-30-20)28(15-16-6-10-24-11-7-16)21-8-12-25-23(27-21)26-19-2-1-3-19/h4-5,8,12,14,16,19,24H,1-3,6-7,9-11,13,15H2,(H,25,26,27). The van der Waals surface area contributed by atoms with Gasteiger partial charge in [-0.2, -0.15) is 4.98 Å². The highest BCUT2D eigenvalue weighted by molar-refractivity contribution is 6.05. The van der Waals surface area contributed by atoms with Gasteiger partial charge < -0.3 is 15.4 Å². The molecule has 1 saturated heterocycles. The Morgan fingerprint density at radius 2 is 2.07 bits per heavy atom. The molecular formula is C23H29N5O2. The Labute approximate surface area is 177 Å². The fraction of sp³-hybridized carbons (Fsp3) is 0.522. The van der Waals surface area contributed by atoms with Crippen molar-refractivity contribution in [3.05, 3.63) is 41.6 Å². The maximum absolute atomic E-state index is 13.6. The molecule has 30 heavy (non-hydrogen) atoms. The monoisotopic (exact) mass is 407 g/mol. The third-order valence-electron chi connectivity index (χ3n) is 6.44. The Bertz CT molecular complexity index is 908. The molecule has 1 aromatic heterocycles. The molecule has 0 spiro atoms. The van der Waals surface area contributed by atoms with Crippen molar-refractivity contribution >= 4 is 17.7 Å². The molecule has 2 N–H and O–H groups in total. The molecule has 2 aliphatic heterocycles. The number of carbonyl (C=O) groups is 1. The highest BCUT2D eigenvalue weighted by Gasteiger charge is 2.26. The molecule has 2 fully saturated rings. The molecule has 158 valence electrons. The molecule has 0 radical (unpaired) electrons. The number of hydrogen-bond acceptors (Lipinski definition) is 6. The predicted molar refractivity (Wildman–Crippen MR) is 116 cm³/mol. The van der Waals surface area contributed by atoms with Gasteiger partial charge in [-0.15, -0.1) is 0 Å². The molecule has 1 aromatic carbocycles. The summed E-state index contributed by atoms with van der Waals surface area (Å²) in [7, 11) is 0. The van der Waals surface area contributed by atoms with E-state index in [4.69, 9.17) is 9.72 Å². The van der Waals surface area contributed by atoms with Gasteiger partial charge in [-0.1, -0.05) is 0 Å². The zero-order valence-electron chi connectivity index (χ0n) is 17.3. The molecule has 3 heterocycles. The van der Waals surface area contributed by atoms with Crippen LogP contribution in [0, 0.1) is 5.92 Å². The van der Waals surface area contributed by atoms with Crippen molar-refractivity contribution in [2.45, 2.75) is 44.6 Å². The van der Waals surface area contributed by atoms with E-state index in [2.05, 4.69) is 15.6 Å².